The highest BCUT2D eigenvalue weighted by atomic mass is 32.2. The van der Waals surface area contributed by atoms with Crippen molar-refractivity contribution in [3.63, 3.8) is 0 Å². The molecule has 1 fully saturated rings. The van der Waals surface area contributed by atoms with Gasteiger partial charge in [0.25, 0.3) is 0 Å². The molecular weight excluding hydrogens is 252 g/mol. The van der Waals surface area contributed by atoms with Crippen LogP contribution in [0, 0.1) is 5.41 Å². The van der Waals surface area contributed by atoms with Gasteiger partial charge in [-0.2, -0.15) is 0 Å². The SMILES string of the molecule is CCOC(=O)C(C)(C)C(=O)CSC1CCOC1C. The maximum atomic E-state index is 12.1. The van der Waals surface area contributed by atoms with Crippen molar-refractivity contribution in [3.8, 4) is 0 Å². The molecule has 0 spiro atoms. The van der Waals surface area contributed by atoms with Crippen molar-refractivity contribution in [2.24, 2.45) is 5.41 Å². The van der Waals surface area contributed by atoms with E-state index in [9.17, 15) is 9.59 Å². The van der Waals surface area contributed by atoms with Crippen LogP contribution in [-0.2, 0) is 19.1 Å². The summed E-state index contributed by atoms with van der Waals surface area (Å²) >= 11 is 1.58. The number of hydrogen-bond donors (Lipinski definition) is 0. The zero-order valence-corrected chi connectivity index (χ0v) is 12.3. The molecule has 0 bridgehead atoms. The van der Waals surface area contributed by atoms with E-state index in [0.717, 1.165) is 13.0 Å². The van der Waals surface area contributed by atoms with Gasteiger partial charge in [-0.3, -0.25) is 9.59 Å². The molecule has 0 amide bonds. The van der Waals surface area contributed by atoms with Crippen molar-refractivity contribution >= 4 is 23.5 Å². The molecule has 1 aliphatic heterocycles. The first-order chi connectivity index (χ1) is 8.39. The van der Waals surface area contributed by atoms with Crippen LogP contribution >= 0.6 is 11.8 Å². The summed E-state index contributed by atoms with van der Waals surface area (Å²) in [6, 6.07) is 0. The number of esters is 1. The van der Waals surface area contributed by atoms with Crippen molar-refractivity contribution in [1.29, 1.82) is 0 Å². The zero-order chi connectivity index (χ0) is 13.8. The lowest BCUT2D eigenvalue weighted by molar-refractivity contribution is -0.157. The molecule has 5 heteroatoms. The summed E-state index contributed by atoms with van der Waals surface area (Å²) < 4.78 is 10.4. The highest BCUT2D eigenvalue weighted by molar-refractivity contribution is 8.00. The minimum atomic E-state index is -1.05. The summed E-state index contributed by atoms with van der Waals surface area (Å²) in [6.07, 6.45) is 1.16. The first-order valence-corrected chi connectivity index (χ1v) is 7.38. The minimum Gasteiger partial charge on any atom is -0.465 e. The smallest absolute Gasteiger partial charge is 0.319 e. The van der Waals surface area contributed by atoms with Gasteiger partial charge in [-0.1, -0.05) is 0 Å². The molecular formula is C13H22O4S. The van der Waals surface area contributed by atoms with Gasteiger partial charge in [0.1, 0.15) is 5.41 Å². The van der Waals surface area contributed by atoms with Crippen LogP contribution < -0.4 is 0 Å². The van der Waals surface area contributed by atoms with Crippen LogP contribution in [0.15, 0.2) is 0 Å². The van der Waals surface area contributed by atoms with E-state index in [1.54, 1.807) is 32.5 Å². The Morgan fingerprint density at radius 2 is 2.11 bits per heavy atom. The van der Waals surface area contributed by atoms with E-state index in [-0.39, 0.29) is 11.9 Å². The molecule has 18 heavy (non-hydrogen) atoms. The van der Waals surface area contributed by atoms with E-state index < -0.39 is 11.4 Å². The molecule has 104 valence electrons. The van der Waals surface area contributed by atoms with Crippen molar-refractivity contribution < 1.29 is 19.1 Å². The molecule has 2 atom stereocenters. The Kier molecular flexibility index (Phi) is 5.66. The Hall–Kier alpha value is -0.550. The molecule has 0 aliphatic carbocycles. The fraction of sp³-hybridized carbons (Fsp3) is 0.846. The third-order valence-electron chi connectivity index (χ3n) is 3.22. The second kappa shape index (κ2) is 6.57. The molecule has 0 aromatic rings. The molecule has 1 aliphatic rings. The average Bonchev–Trinajstić information content (AvgIpc) is 2.72. The van der Waals surface area contributed by atoms with Gasteiger partial charge in [0.15, 0.2) is 5.78 Å². The van der Waals surface area contributed by atoms with Crippen molar-refractivity contribution in [3.05, 3.63) is 0 Å². The summed E-state index contributed by atoms with van der Waals surface area (Å²) in [6.45, 7) is 8.08. The monoisotopic (exact) mass is 274 g/mol. The lowest BCUT2D eigenvalue weighted by atomic mass is 9.89. The van der Waals surface area contributed by atoms with Gasteiger partial charge < -0.3 is 9.47 Å². The van der Waals surface area contributed by atoms with E-state index in [1.165, 1.54) is 0 Å². The number of thioether (sulfide) groups is 1. The number of hydrogen-bond acceptors (Lipinski definition) is 5. The van der Waals surface area contributed by atoms with Crippen LogP contribution in [-0.4, -0.2) is 42.1 Å². The highest BCUT2D eigenvalue weighted by Gasteiger charge is 2.38. The molecule has 0 radical (unpaired) electrons. The predicted octanol–water partition coefficient (Wildman–Crippen LogP) is 2.06. The predicted molar refractivity (Wildman–Crippen MR) is 71.7 cm³/mol. The Bertz CT molecular complexity index is 314. The summed E-state index contributed by atoms with van der Waals surface area (Å²) in [7, 11) is 0. The number of ether oxygens (including phenoxy) is 2. The summed E-state index contributed by atoms with van der Waals surface area (Å²) in [5, 5.41) is 0.354. The van der Waals surface area contributed by atoms with Crippen LogP contribution in [0.4, 0.5) is 0 Å². The molecule has 4 nitrogen and oxygen atoms in total. The Morgan fingerprint density at radius 3 is 2.61 bits per heavy atom. The number of rotatable bonds is 6. The fourth-order valence-electron chi connectivity index (χ4n) is 1.72. The molecule has 0 aromatic carbocycles. The largest absolute Gasteiger partial charge is 0.465 e. The topological polar surface area (TPSA) is 52.6 Å². The second-order valence-electron chi connectivity index (χ2n) is 4.98. The van der Waals surface area contributed by atoms with Crippen LogP contribution in [0.3, 0.4) is 0 Å². The van der Waals surface area contributed by atoms with Gasteiger partial charge >= 0.3 is 5.97 Å². The summed E-state index contributed by atoms with van der Waals surface area (Å²) in [5.41, 5.74) is -1.05. The van der Waals surface area contributed by atoms with Crippen molar-refractivity contribution in [1.82, 2.24) is 0 Å². The third-order valence-corrected chi connectivity index (χ3v) is 4.69. The van der Waals surface area contributed by atoms with Gasteiger partial charge in [0.2, 0.25) is 0 Å². The van der Waals surface area contributed by atoms with Gasteiger partial charge in [-0.25, -0.2) is 0 Å². The lowest BCUT2D eigenvalue weighted by Gasteiger charge is -2.21. The van der Waals surface area contributed by atoms with Crippen LogP contribution in [0.25, 0.3) is 0 Å². The van der Waals surface area contributed by atoms with Crippen molar-refractivity contribution in [2.75, 3.05) is 19.0 Å². The van der Waals surface area contributed by atoms with Gasteiger partial charge in [0.05, 0.1) is 18.5 Å². The third kappa shape index (κ3) is 3.72. The van der Waals surface area contributed by atoms with E-state index in [2.05, 4.69) is 0 Å². The Labute approximate surface area is 113 Å². The Morgan fingerprint density at radius 1 is 1.44 bits per heavy atom. The van der Waals surface area contributed by atoms with E-state index >= 15 is 0 Å². The zero-order valence-electron chi connectivity index (χ0n) is 11.5. The summed E-state index contributed by atoms with van der Waals surface area (Å²) in [5.74, 6) is -0.180. The number of carbonyl (C=O) groups excluding carboxylic acids is 2. The molecule has 1 saturated heterocycles. The van der Waals surface area contributed by atoms with E-state index in [4.69, 9.17) is 9.47 Å². The first-order valence-electron chi connectivity index (χ1n) is 6.33. The number of carbonyl (C=O) groups is 2. The van der Waals surface area contributed by atoms with Gasteiger partial charge in [-0.15, -0.1) is 11.8 Å². The molecule has 0 saturated carbocycles. The van der Waals surface area contributed by atoms with Crippen LogP contribution in [0.1, 0.15) is 34.1 Å². The highest BCUT2D eigenvalue weighted by Crippen LogP contribution is 2.29. The molecule has 2 unspecified atom stereocenters. The van der Waals surface area contributed by atoms with Crippen molar-refractivity contribution in [2.45, 2.75) is 45.5 Å². The Balaban J connectivity index is 2.46. The minimum absolute atomic E-state index is 0.0787. The van der Waals surface area contributed by atoms with E-state index in [1.807, 2.05) is 6.92 Å². The molecule has 1 rings (SSSR count). The lowest BCUT2D eigenvalue weighted by Crippen LogP contribution is -2.37. The standard InChI is InChI=1S/C13H22O4S/c1-5-16-12(15)13(3,4)11(14)8-18-10-6-7-17-9(10)2/h9-10H,5-8H2,1-4H3. The van der Waals surface area contributed by atoms with Crippen LogP contribution in [0.5, 0.6) is 0 Å². The number of Topliss-reactive ketones (excluding diaryl/α,β-unsaturated/α-hetero) is 1. The first kappa shape index (κ1) is 15.5. The van der Waals surface area contributed by atoms with Gasteiger partial charge in [0, 0.05) is 11.9 Å². The van der Waals surface area contributed by atoms with Gasteiger partial charge in [-0.05, 0) is 34.1 Å². The molecule has 1 heterocycles. The van der Waals surface area contributed by atoms with E-state index in [0.29, 0.717) is 17.6 Å². The quantitative estimate of drug-likeness (QED) is 0.548. The maximum absolute atomic E-state index is 12.1. The van der Waals surface area contributed by atoms with Crippen LogP contribution in [0.2, 0.25) is 0 Å². The second-order valence-corrected chi connectivity index (χ2v) is 6.21. The number of ketones is 1. The fourth-order valence-corrected chi connectivity index (χ4v) is 3.06. The molecule has 0 aromatic heterocycles. The maximum Gasteiger partial charge on any atom is 0.319 e. The normalized spacial score (nSPS) is 24.0. The average molecular weight is 274 g/mol. The summed E-state index contributed by atoms with van der Waals surface area (Å²) in [4.78, 5) is 23.8. The molecule has 0 N–H and O–H groups in total.